The summed E-state index contributed by atoms with van der Waals surface area (Å²) in [6, 6.07) is 5.25. The van der Waals surface area contributed by atoms with Crippen LogP contribution in [0, 0.1) is 23.3 Å². The summed E-state index contributed by atoms with van der Waals surface area (Å²) in [5, 5.41) is 0. The molecule has 2 aromatic rings. The van der Waals surface area contributed by atoms with Gasteiger partial charge in [0, 0.05) is 16.8 Å². The van der Waals surface area contributed by atoms with Crippen LogP contribution in [0.25, 0.3) is 11.1 Å². The van der Waals surface area contributed by atoms with Crippen molar-refractivity contribution in [1.29, 1.82) is 0 Å². The van der Waals surface area contributed by atoms with Crippen LogP contribution < -0.4 is 5.73 Å². The number of nitrogen functional groups attached to an aromatic ring is 1. The summed E-state index contributed by atoms with van der Waals surface area (Å²) in [7, 11) is 0. The SMILES string of the molecule is Nc1ccc(-c2ccc(F)c(F)c2F)c(F)c1. The van der Waals surface area contributed by atoms with Gasteiger partial charge < -0.3 is 5.73 Å². The Hall–Kier alpha value is -2.04. The van der Waals surface area contributed by atoms with Crippen molar-refractivity contribution in [2.45, 2.75) is 0 Å². The topological polar surface area (TPSA) is 26.0 Å². The molecule has 0 aliphatic carbocycles. The fourth-order valence-electron chi connectivity index (χ4n) is 1.48. The fourth-order valence-corrected chi connectivity index (χ4v) is 1.48. The Kier molecular flexibility index (Phi) is 2.75. The second-order valence-electron chi connectivity index (χ2n) is 3.46. The van der Waals surface area contributed by atoms with Gasteiger partial charge in [-0.15, -0.1) is 0 Å². The molecule has 0 fully saturated rings. The highest BCUT2D eigenvalue weighted by Gasteiger charge is 2.16. The Morgan fingerprint density at radius 2 is 1.35 bits per heavy atom. The van der Waals surface area contributed by atoms with Crippen molar-refractivity contribution in [1.82, 2.24) is 0 Å². The van der Waals surface area contributed by atoms with E-state index in [0.29, 0.717) is 0 Å². The molecule has 0 aliphatic heterocycles. The monoisotopic (exact) mass is 241 g/mol. The number of benzene rings is 2. The quantitative estimate of drug-likeness (QED) is 0.461. The molecular weight excluding hydrogens is 234 g/mol. The lowest BCUT2D eigenvalue weighted by Gasteiger charge is -2.06. The van der Waals surface area contributed by atoms with Crippen LogP contribution in [-0.4, -0.2) is 0 Å². The molecule has 0 heterocycles. The van der Waals surface area contributed by atoms with Gasteiger partial charge in [0.1, 0.15) is 5.82 Å². The van der Waals surface area contributed by atoms with E-state index in [-0.39, 0.29) is 16.8 Å². The van der Waals surface area contributed by atoms with E-state index in [4.69, 9.17) is 5.73 Å². The maximum Gasteiger partial charge on any atom is 0.195 e. The molecular formula is C12H7F4N. The average Bonchev–Trinajstić information content (AvgIpc) is 2.28. The third-order valence-corrected chi connectivity index (χ3v) is 2.32. The van der Waals surface area contributed by atoms with E-state index >= 15 is 0 Å². The van der Waals surface area contributed by atoms with Gasteiger partial charge >= 0.3 is 0 Å². The van der Waals surface area contributed by atoms with E-state index in [1.54, 1.807) is 0 Å². The molecule has 88 valence electrons. The lowest BCUT2D eigenvalue weighted by Crippen LogP contribution is -1.96. The Balaban J connectivity index is 2.65. The number of hydrogen-bond donors (Lipinski definition) is 1. The number of anilines is 1. The highest BCUT2D eigenvalue weighted by atomic mass is 19.2. The van der Waals surface area contributed by atoms with Gasteiger partial charge in [0.15, 0.2) is 17.5 Å². The predicted octanol–water partition coefficient (Wildman–Crippen LogP) is 3.49. The number of halogens is 4. The smallest absolute Gasteiger partial charge is 0.195 e. The number of nitrogens with two attached hydrogens (primary N) is 1. The molecule has 0 radical (unpaired) electrons. The molecule has 0 saturated carbocycles. The Labute approximate surface area is 94.5 Å². The van der Waals surface area contributed by atoms with E-state index in [1.165, 1.54) is 12.1 Å². The van der Waals surface area contributed by atoms with E-state index in [9.17, 15) is 17.6 Å². The van der Waals surface area contributed by atoms with Gasteiger partial charge in [0.25, 0.3) is 0 Å². The zero-order valence-corrected chi connectivity index (χ0v) is 8.48. The van der Waals surface area contributed by atoms with Crippen molar-refractivity contribution < 1.29 is 17.6 Å². The zero-order chi connectivity index (χ0) is 12.6. The summed E-state index contributed by atoms with van der Waals surface area (Å²) in [5.41, 5.74) is 4.97. The molecule has 2 rings (SSSR count). The molecule has 1 nitrogen and oxygen atoms in total. The first-order valence-corrected chi connectivity index (χ1v) is 4.69. The van der Waals surface area contributed by atoms with Crippen LogP contribution in [0.2, 0.25) is 0 Å². The normalized spacial score (nSPS) is 10.6. The van der Waals surface area contributed by atoms with Gasteiger partial charge in [-0.3, -0.25) is 0 Å². The highest BCUT2D eigenvalue weighted by Crippen LogP contribution is 2.28. The third-order valence-electron chi connectivity index (χ3n) is 2.32. The fraction of sp³-hybridized carbons (Fsp3) is 0. The van der Waals surface area contributed by atoms with Crippen LogP contribution in [0.4, 0.5) is 23.2 Å². The molecule has 0 aliphatic rings. The Bertz CT molecular complexity index is 581. The minimum atomic E-state index is -1.63. The Morgan fingerprint density at radius 3 is 2.00 bits per heavy atom. The van der Waals surface area contributed by atoms with Crippen LogP contribution in [0.5, 0.6) is 0 Å². The van der Waals surface area contributed by atoms with Gasteiger partial charge in [0.2, 0.25) is 0 Å². The molecule has 0 spiro atoms. The van der Waals surface area contributed by atoms with Crippen LogP contribution in [-0.2, 0) is 0 Å². The van der Waals surface area contributed by atoms with Crippen molar-refractivity contribution in [3.05, 3.63) is 53.6 Å². The van der Waals surface area contributed by atoms with Gasteiger partial charge in [-0.2, -0.15) is 0 Å². The maximum atomic E-state index is 13.5. The second-order valence-corrected chi connectivity index (χ2v) is 3.46. The number of hydrogen-bond acceptors (Lipinski definition) is 1. The lowest BCUT2D eigenvalue weighted by molar-refractivity contribution is 0.448. The van der Waals surface area contributed by atoms with Crippen LogP contribution in [0.3, 0.4) is 0 Å². The highest BCUT2D eigenvalue weighted by molar-refractivity contribution is 5.67. The first kappa shape index (κ1) is 11.4. The van der Waals surface area contributed by atoms with E-state index in [1.807, 2.05) is 0 Å². The van der Waals surface area contributed by atoms with E-state index < -0.39 is 23.3 Å². The molecule has 2 N–H and O–H groups in total. The van der Waals surface area contributed by atoms with Gasteiger partial charge in [-0.1, -0.05) is 0 Å². The minimum absolute atomic E-state index is 0.161. The van der Waals surface area contributed by atoms with Crippen molar-refractivity contribution in [2.75, 3.05) is 5.73 Å². The summed E-state index contributed by atoms with van der Waals surface area (Å²) >= 11 is 0. The van der Waals surface area contributed by atoms with Crippen molar-refractivity contribution in [3.63, 3.8) is 0 Å². The van der Waals surface area contributed by atoms with Crippen molar-refractivity contribution >= 4 is 5.69 Å². The summed E-state index contributed by atoms with van der Waals surface area (Å²) in [4.78, 5) is 0. The predicted molar refractivity (Wildman–Crippen MR) is 56.1 cm³/mol. The summed E-state index contributed by atoms with van der Waals surface area (Å²) < 4.78 is 52.6. The molecule has 0 unspecified atom stereocenters. The molecule has 0 atom stereocenters. The molecule has 0 amide bonds. The maximum absolute atomic E-state index is 13.5. The lowest BCUT2D eigenvalue weighted by atomic mass is 10.0. The largest absolute Gasteiger partial charge is 0.399 e. The molecule has 17 heavy (non-hydrogen) atoms. The van der Waals surface area contributed by atoms with Gasteiger partial charge in [0.05, 0.1) is 0 Å². The van der Waals surface area contributed by atoms with E-state index in [0.717, 1.165) is 18.2 Å². The first-order valence-electron chi connectivity index (χ1n) is 4.69. The van der Waals surface area contributed by atoms with E-state index in [2.05, 4.69) is 0 Å². The van der Waals surface area contributed by atoms with Crippen molar-refractivity contribution in [3.8, 4) is 11.1 Å². The third kappa shape index (κ3) is 1.95. The second kappa shape index (κ2) is 4.08. The first-order chi connectivity index (χ1) is 8.00. The summed E-state index contributed by atoms with van der Waals surface area (Å²) in [6.45, 7) is 0. The summed E-state index contributed by atoms with van der Waals surface area (Å²) in [5.74, 6) is -5.16. The average molecular weight is 241 g/mol. The molecule has 2 aromatic carbocycles. The molecule has 0 bridgehead atoms. The van der Waals surface area contributed by atoms with Gasteiger partial charge in [-0.25, -0.2) is 17.6 Å². The molecule has 5 heteroatoms. The summed E-state index contributed by atoms with van der Waals surface area (Å²) in [6.07, 6.45) is 0. The molecule has 0 saturated heterocycles. The number of rotatable bonds is 1. The van der Waals surface area contributed by atoms with Crippen LogP contribution in [0.15, 0.2) is 30.3 Å². The zero-order valence-electron chi connectivity index (χ0n) is 8.48. The van der Waals surface area contributed by atoms with Crippen molar-refractivity contribution in [2.24, 2.45) is 0 Å². The molecule has 0 aromatic heterocycles. The van der Waals surface area contributed by atoms with Gasteiger partial charge in [-0.05, 0) is 30.3 Å². The Morgan fingerprint density at radius 1 is 0.706 bits per heavy atom. The standard InChI is InChI=1S/C12H7F4N/c13-9-4-3-8(11(15)12(9)16)7-2-1-6(17)5-10(7)14/h1-5H,17H2. The van der Waals surface area contributed by atoms with Crippen LogP contribution in [0.1, 0.15) is 0 Å². The minimum Gasteiger partial charge on any atom is -0.399 e. The van der Waals surface area contributed by atoms with Crippen LogP contribution >= 0.6 is 0 Å².